The average Bonchev–Trinajstić information content (AvgIpc) is 3.01. The third-order valence-corrected chi connectivity index (χ3v) is 3.83. The van der Waals surface area contributed by atoms with Crippen molar-refractivity contribution in [1.29, 1.82) is 0 Å². The number of aryl methyl sites for hydroxylation is 1. The van der Waals surface area contributed by atoms with E-state index in [1.165, 1.54) is 22.5 Å². The van der Waals surface area contributed by atoms with Crippen LogP contribution in [-0.4, -0.2) is 15.5 Å². The molecule has 1 aromatic carbocycles. The van der Waals surface area contributed by atoms with Crippen molar-refractivity contribution in [3.63, 3.8) is 0 Å². The summed E-state index contributed by atoms with van der Waals surface area (Å²) in [6.45, 7) is 0. The van der Waals surface area contributed by atoms with E-state index in [-0.39, 0.29) is 5.91 Å². The van der Waals surface area contributed by atoms with Crippen molar-refractivity contribution < 1.29 is 4.79 Å². The molecule has 0 aliphatic heterocycles. The van der Waals surface area contributed by atoms with Gasteiger partial charge in [-0.2, -0.15) is 0 Å². The zero-order valence-electron chi connectivity index (χ0n) is 10.8. The number of hydrogen-bond acceptors (Lipinski definition) is 2. The van der Waals surface area contributed by atoms with Gasteiger partial charge in [-0.3, -0.25) is 9.36 Å². The van der Waals surface area contributed by atoms with Crippen molar-refractivity contribution in [3.8, 4) is 0 Å². The van der Waals surface area contributed by atoms with Gasteiger partial charge >= 0.3 is 0 Å². The highest BCUT2D eigenvalue weighted by Gasteiger charge is 2.15. The maximum Gasteiger partial charge on any atom is 0.255 e. The van der Waals surface area contributed by atoms with Crippen LogP contribution in [0.5, 0.6) is 0 Å². The Hall–Kier alpha value is -2.13. The van der Waals surface area contributed by atoms with Crippen LogP contribution in [0.2, 0.25) is 0 Å². The molecule has 100 valence electrons. The maximum atomic E-state index is 11.9. The Labute approximate surface area is 122 Å². The predicted molar refractivity (Wildman–Crippen MR) is 79.5 cm³/mol. The summed E-state index contributed by atoms with van der Waals surface area (Å²) in [6.07, 6.45) is 9.83. The van der Waals surface area contributed by atoms with Crippen LogP contribution >= 0.6 is 11.6 Å². The van der Waals surface area contributed by atoms with E-state index in [1.807, 2.05) is 18.2 Å². The van der Waals surface area contributed by atoms with Gasteiger partial charge < -0.3 is 0 Å². The fourth-order valence-corrected chi connectivity index (χ4v) is 2.65. The lowest BCUT2D eigenvalue weighted by Crippen LogP contribution is -2.05. The second-order valence-corrected chi connectivity index (χ2v) is 5.02. The molecule has 0 fully saturated rings. The van der Waals surface area contributed by atoms with E-state index < -0.39 is 0 Å². The van der Waals surface area contributed by atoms with E-state index in [2.05, 4.69) is 11.1 Å². The summed E-state index contributed by atoms with van der Waals surface area (Å²) in [4.78, 5) is 15.7. The van der Waals surface area contributed by atoms with Crippen LogP contribution in [0.4, 0.5) is 0 Å². The molecule has 0 radical (unpaired) electrons. The Bertz CT molecular complexity index is 699. The van der Waals surface area contributed by atoms with Crippen LogP contribution in [0.1, 0.15) is 22.3 Å². The number of carbonyl (C=O) groups is 1. The Balaban J connectivity index is 1.87. The molecule has 1 aliphatic rings. The molecule has 0 saturated carbocycles. The van der Waals surface area contributed by atoms with Gasteiger partial charge in [0.2, 0.25) is 0 Å². The summed E-state index contributed by atoms with van der Waals surface area (Å²) in [6, 6.07) is 8.11. The van der Waals surface area contributed by atoms with Gasteiger partial charge in [-0.05, 0) is 29.5 Å². The topological polar surface area (TPSA) is 34.9 Å². The maximum absolute atomic E-state index is 11.9. The van der Waals surface area contributed by atoms with Crippen LogP contribution < -0.4 is 0 Å². The van der Waals surface area contributed by atoms with Crippen LogP contribution in [0.3, 0.4) is 0 Å². The molecule has 3 nitrogen and oxygen atoms in total. The minimum absolute atomic E-state index is 0.127. The van der Waals surface area contributed by atoms with Crippen molar-refractivity contribution in [2.75, 3.05) is 0 Å². The molecule has 0 spiro atoms. The number of nitrogens with zero attached hydrogens (tertiary/aromatic N) is 2. The lowest BCUT2D eigenvalue weighted by molar-refractivity contribution is 0.0968. The number of fused-ring (bicyclic) bond motifs is 1. The molecule has 0 unspecified atom stereocenters. The van der Waals surface area contributed by atoms with Gasteiger partial charge in [-0.25, -0.2) is 4.98 Å². The van der Waals surface area contributed by atoms with E-state index in [1.54, 1.807) is 18.5 Å². The number of aromatic nitrogens is 2. The Morgan fingerprint density at radius 3 is 2.95 bits per heavy atom. The molecule has 4 heteroatoms. The number of benzene rings is 1. The van der Waals surface area contributed by atoms with E-state index in [9.17, 15) is 4.79 Å². The summed E-state index contributed by atoms with van der Waals surface area (Å²) in [5.74, 6) is -0.127. The second kappa shape index (κ2) is 5.47. The SMILES string of the molecule is O=C(C=CC1=C(Cl)c2ccccc2CC1)n1ccnc1. The van der Waals surface area contributed by atoms with E-state index in [0.717, 1.165) is 29.0 Å². The zero-order chi connectivity index (χ0) is 13.9. The van der Waals surface area contributed by atoms with E-state index in [0.29, 0.717) is 0 Å². The molecule has 1 aromatic heterocycles. The van der Waals surface area contributed by atoms with Crippen LogP contribution in [0.15, 0.2) is 60.7 Å². The Morgan fingerprint density at radius 1 is 1.30 bits per heavy atom. The highest BCUT2D eigenvalue weighted by atomic mass is 35.5. The minimum Gasteiger partial charge on any atom is -0.273 e. The van der Waals surface area contributed by atoms with Crippen LogP contribution in [0.25, 0.3) is 5.03 Å². The molecule has 1 aliphatic carbocycles. The lowest BCUT2D eigenvalue weighted by atomic mass is 9.92. The first-order chi connectivity index (χ1) is 9.75. The van der Waals surface area contributed by atoms with Gasteiger partial charge in [0.1, 0.15) is 6.33 Å². The van der Waals surface area contributed by atoms with E-state index >= 15 is 0 Å². The molecule has 0 saturated heterocycles. The number of hydrogen-bond donors (Lipinski definition) is 0. The van der Waals surface area contributed by atoms with Crippen molar-refractivity contribution in [2.45, 2.75) is 12.8 Å². The summed E-state index contributed by atoms with van der Waals surface area (Å²) < 4.78 is 1.43. The van der Waals surface area contributed by atoms with E-state index in [4.69, 9.17) is 11.6 Å². The molecule has 0 atom stereocenters. The van der Waals surface area contributed by atoms with Gasteiger partial charge in [0.15, 0.2) is 0 Å². The highest BCUT2D eigenvalue weighted by molar-refractivity contribution is 6.49. The monoisotopic (exact) mass is 284 g/mol. The molecule has 20 heavy (non-hydrogen) atoms. The summed E-state index contributed by atoms with van der Waals surface area (Å²) in [5, 5.41) is 0.738. The molecule has 1 heterocycles. The zero-order valence-corrected chi connectivity index (χ0v) is 11.5. The fraction of sp³-hybridized carbons (Fsp3) is 0.125. The molecule has 0 bridgehead atoms. The second-order valence-electron chi connectivity index (χ2n) is 4.64. The van der Waals surface area contributed by atoms with Crippen molar-refractivity contribution in [3.05, 3.63) is 71.8 Å². The van der Waals surface area contributed by atoms with Crippen molar-refractivity contribution >= 4 is 22.5 Å². The van der Waals surface area contributed by atoms with Gasteiger partial charge in [0, 0.05) is 18.5 Å². The molecule has 3 rings (SSSR count). The highest BCUT2D eigenvalue weighted by Crippen LogP contribution is 2.34. The lowest BCUT2D eigenvalue weighted by Gasteiger charge is -2.17. The predicted octanol–water partition coefficient (Wildman–Crippen LogP) is 3.68. The smallest absolute Gasteiger partial charge is 0.255 e. The number of rotatable bonds is 2. The quantitative estimate of drug-likeness (QED) is 0.789. The third kappa shape index (κ3) is 2.45. The largest absolute Gasteiger partial charge is 0.273 e. The summed E-state index contributed by atoms with van der Waals surface area (Å²) >= 11 is 6.42. The van der Waals surface area contributed by atoms with Crippen LogP contribution in [0, 0.1) is 0 Å². The first-order valence-electron chi connectivity index (χ1n) is 6.43. The first-order valence-corrected chi connectivity index (χ1v) is 6.81. The normalized spacial score (nSPS) is 14.7. The molecule has 2 aromatic rings. The minimum atomic E-state index is -0.127. The van der Waals surface area contributed by atoms with Gasteiger partial charge in [-0.1, -0.05) is 41.9 Å². The number of allylic oxidation sites excluding steroid dienone is 3. The Morgan fingerprint density at radius 2 is 2.15 bits per heavy atom. The molecule has 0 N–H and O–H groups in total. The van der Waals surface area contributed by atoms with Gasteiger partial charge in [0.05, 0.1) is 5.03 Å². The standard InChI is InChI=1S/C16H13ClN2O/c17-16-13(6-5-12-3-1-2-4-14(12)16)7-8-15(20)19-10-9-18-11-19/h1-4,7-11H,5-6H2. The van der Waals surface area contributed by atoms with Crippen molar-refractivity contribution in [2.24, 2.45) is 0 Å². The number of imidazole rings is 1. The average molecular weight is 285 g/mol. The molecular formula is C16H13ClN2O. The molecular weight excluding hydrogens is 272 g/mol. The number of halogens is 1. The molecule has 0 amide bonds. The van der Waals surface area contributed by atoms with Gasteiger partial charge in [0.25, 0.3) is 5.91 Å². The number of carbonyl (C=O) groups excluding carboxylic acids is 1. The third-order valence-electron chi connectivity index (χ3n) is 3.39. The Kier molecular flexibility index (Phi) is 3.52. The van der Waals surface area contributed by atoms with Crippen LogP contribution in [-0.2, 0) is 6.42 Å². The fourth-order valence-electron chi connectivity index (χ4n) is 2.31. The van der Waals surface area contributed by atoms with Gasteiger partial charge in [-0.15, -0.1) is 0 Å². The van der Waals surface area contributed by atoms with Crippen molar-refractivity contribution in [1.82, 2.24) is 9.55 Å². The first kappa shape index (κ1) is 12.9. The summed E-state index contributed by atoms with van der Waals surface area (Å²) in [7, 11) is 0. The summed E-state index contributed by atoms with van der Waals surface area (Å²) in [5.41, 5.74) is 3.32.